The summed E-state index contributed by atoms with van der Waals surface area (Å²) in [7, 11) is 0. The summed E-state index contributed by atoms with van der Waals surface area (Å²) in [6.45, 7) is 1.08. The quantitative estimate of drug-likeness (QED) is 0.684. The molecule has 2 N–H and O–H groups in total. The van der Waals surface area contributed by atoms with Gasteiger partial charge in [-0.05, 0) is 31.0 Å². The van der Waals surface area contributed by atoms with Crippen molar-refractivity contribution in [2.75, 3.05) is 25.1 Å². The number of benzene rings is 1. The van der Waals surface area contributed by atoms with Crippen molar-refractivity contribution >= 4 is 23.7 Å². The summed E-state index contributed by atoms with van der Waals surface area (Å²) in [4.78, 5) is 33.5. The SMILES string of the molecule is CC1N=Cc2c(-c3ccc(C(F)(F)F)cc3)cnc(NCC3(CF)CCNC3=O)c2C1=O. The van der Waals surface area contributed by atoms with Crippen LogP contribution in [0, 0.1) is 5.41 Å². The Kier molecular flexibility index (Phi) is 5.47. The van der Waals surface area contributed by atoms with Gasteiger partial charge in [0, 0.05) is 36.6 Å². The van der Waals surface area contributed by atoms with E-state index in [1.54, 1.807) is 6.92 Å². The molecule has 1 aromatic carbocycles. The number of aliphatic imine (C=N–C) groups is 1. The van der Waals surface area contributed by atoms with E-state index in [1.165, 1.54) is 24.5 Å². The lowest BCUT2D eigenvalue weighted by Crippen LogP contribution is -2.40. The van der Waals surface area contributed by atoms with Crippen molar-refractivity contribution in [3.05, 3.63) is 47.2 Å². The number of nitrogens with one attached hydrogen (secondary N) is 2. The Morgan fingerprint density at radius 3 is 2.53 bits per heavy atom. The Morgan fingerprint density at radius 2 is 1.94 bits per heavy atom. The number of anilines is 1. The van der Waals surface area contributed by atoms with Crippen molar-refractivity contribution in [3.8, 4) is 11.1 Å². The number of carbonyl (C=O) groups excluding carboxylic acids is 2. The number of halogens is 4. The molecule has 2 aliphatic heterocycles. The number of aromatic nitrogens is 1. The standard InChI is InChI=1S/C22H20F4N4O2/c1-12-18(31)17-16(9-28-12)15(13-2-4-14(5-3-13)22(24,25)26)8-29-19(17)30-11-21(10-23)6-7-27-20(21)32/h2-5,8-9,12H,6-7,10-11H2,1H3,(H,27,32)(H,29,30). The lowest BCUT2D eigenvalue weighted by atomic mass is 9.87. The summed E-state index contributed by atoms with van der Waals surface area (Å²) in [5.41, 5.74) is -0.503. The average Bonchev–Trinajstić information content (AvgIpc) is 3.14. The van der Waals surface area contributed by atoms with Crippen molar-refractivity contribution in [3.63, 3.8) is 0 Å². The van der Waals surface area contributed by atoms with E-state index >= 15 is 0 Å². The smallest absolute Gasteiger partial charge is 0.368 e. The van der Waals surface area contributed by atoms with E-state index < -0.39 is 35.8 Å². The van der Waals surface area contributed by atoms with Crippen molar-refractivity contribution in [2.24, 2.45) is 10.4 Å². The van der Waals surface area contributed by atoms with Crippen LogP contribution in [0.25, 0.3) is 11.1 Å². The first-order chi connectivity index (χ1) is 15.2. The third-order valence-electron chi connectivity index (χ3n) is 5.92. The molecule has 0 radical (unpaired) electrons. The molecule has 0 saturated carbocycles. The maximum Gasteiger partial charge on any atom is 0.416 e. The topological polar surface area (TPSA) is 83.4 Å². The van der Waals surface area contributed by atoms with Gasteiger partial charge in [-0.2, -0.15) is 13.2 Å². The van der Waals surface area contributed by atoms with Gasteiger partial charge in [0.05, 0.1) is 16.5 Å². The molecule has 0 aliphatic carbocycles. The first kappa shape index (κ1) is 21.9. The number of fused-ring (bicyclic) bond motifs is 1. The van der Waals surface area contributed by atoms with E-state index in [1.807, 2.05) is 0 Å². The molecule has 1 aromatic heterocycles. The largest absolute Gasteiger partial charge is 0.416 e. The van der Waals surface area contributed by atoms with Gasteiger partial charge in [0.1, 0.15) is 18.5 Å². The maximum absolute atomic E-state index is 13.7. The molecule has 32 heavy (non-hydrogen) atoms. The monoisotopic (exact) mass is 448 g/mol. The molecule has 2 aromatic rings. The third kappa shape index (κ3) is 3.74. The van der Waals surface area contributed by atoms with Crippen LogP contribution in [-0.4, -0.2) is 48.7 Å². The Balaban J connectivity index is 1.72. The molecule has 10 heteroatoms. The maximum atomic E-state index is 13.7. The molecule has 0 bridgehead atoms. The molecule has 2 unspecified atom stereocenters. The fraction of sp³-hybridized carbons (Fsp3) is 0.364. The molecule has 4 rings (SSSR count). The first-order valence-corrected chi connectivity index (χ1v) is 10.0. The molecule has 2 aliphatic rings. The van der Waals surface area contributed by atoms with Crippen LogP contribution in [0.1, 0.15) is 34.8 Å². The summed E-state index contributed by atoms with van der Waals surface area (Å²) in [6, 6.07) is 3.87. The predicted octanol–water partition coefficient (Wildman–Crippen LogP) is 3.66. The van der Waals surface area contributed by atoms with Crippen LogP contribution in [-0.2, 0) is 11.0 Å². The van der Waals surface area contributed by atoms with Gasteiger partial charge in [0.15, 0.2) is 5.78 Å². The molecule has 0 spiro atoms. The zero-order valence-electron chi connectivity index (χ0n) is 17.1. The Hall–Kier alpha value is -3.30. The summed E-state index contributed by atoms with van der Waals surface area (Å²) in [5, 5.41) is 5.57. The number of hydrogen-bond acceptors (Lipinski definition) is 5. The van der Waals surface area contributed by atoms with Crippen LogP contribution in [0.4, 0.5) is 23.4 Å². The Bertz CT molecular complexity index is 1100. The minimum atomic E-state index is -4.46. The number of nitrogens with zero attached hydrogens (tertiary/aromatic N) is 2. The van der Waals surface area contributed by atoms with E-state index in [0.717, 1.165) is 12.1 Å². The zero-order valence-corrected chi connectivity index (χ0v) is 17.1. The van der Waals surface area contributed by atoms with Gasteiger partial charge in [0.2, 0.25) is 5.91 Å². The number of alkyl halides is 4. The van der Waals surface area contributed by atoms with Crippen molar-refractivity contribution < 1.29 is 27.2 Å². The van der Waals surface area contributed by atoms with Gasteiger partial charge in [0.25, 0.3) is 0 Å². The lowest BCUT2D eigenvalue weighted by Gasteiger charge is -2.25. The molecule has 3 heterocycles. The number of hydrogen-bond donors (Lipinski definition) is 2. The lowest BCUT2D eigenvalue weighted by molar-refractivity contribution is -0.137. The Labute approximate surface area is 181 Å². The molecular formula is C22H20F4N4O2. The van der Waals surface area contributed by atoms with Gasteiger partial charge < -0.3 is 10.6 Å². The van der Waals surface area contributed by atoms with E-state index in [-0.39, 0.29) is 23.7 Å². The number of rotatable bonds is 5. The number of ketones is 1. The van der Waals surface area contributed by atoms with E-state index in [0.29, 0.717) is 29.7 Å². The second-order valence-corrected chi connectivity index (χ2v) is 7.98. The van der Waals surface area contributed by atoms with Gasteiger partial charge in [-0.15, -0.1) is 0 Å². The fourth-order valence-electron chi connectivity index (χ4n) is 3.89. The van der Waals surface area contributed by atoms with E-state index in [2.05, 4.69) is 20.6 Å². The molecule has 168 valence electrons. The number of pyridine rings is 1. The van der Waals surface area contributed by atoms with Gasteiger partial charge in [-0.1, -0.05) is 12.1 Å². The predicted molar refractivity (Wildman–Crippen MR) is 111 cm³/mol. The summed E-state index contributed by atoms with van der Waals surface area (Å²) in [5.74, 6) is -0.536. The molecule has 2 atom stereocenters. The molecule has 1 fully saturated rings. The molecule has 6 nitrogen and oxygen atoms in total. The highest BCUT2D eigenvalue weighted by molar-refractivity contribution is 6.15. The highest BCUT2D eigenvalue weighted by atomic mass is 19.4. The minimum absolute atomic E-state index is 0.0484. The number of Topliss-reactive ketones (excluding diaryl/α,β-unsaturated/α-hetero) is 1. The minimum Gasteiger partial charge on any atom is -0.368 e. The van der Waals surface area contributed by atoms with Crippen LogP contribution >= 0.6 is 0 Å². The van der Waals surface area contributed by atoms with E-state index in [4.69, 9.17) is 0 Å². The molecular weight excluding hydrogens is 428 g/mol. The Morgan fingerprint density at radius 1 is 1.22 bits per heavy atom. The van der Waals surface area contributed by atoms with Crippen LogP contribution in [0.5, 0.6) is 0 Å². The van der Waals surface area contributed by atoms with Crippen LogP contribution < -0.4 is 10.6 Å². The zero-order chi connectivity index (χ0) is 23.1. The van der Waals surface area contributed by atoms with Gasteiger partial charge >= 0.3 is 6.18 Å². The van der Waals surface area contributed by atoms with Crippen LogP contribution in [0.15, 0.2) is 35.5 Å². The number of carbonyl (C=O) groups is 2. The molecule has 1 saturated heterocycles. The van der Waals surface area contributed by atoms with Crippen LogP contribution in [0.2, 0.25) is 0 Å². The third-order valence-corrected chi connectivity index (χ3v) is 5.92. The highest BCUT2D eigenvalue weighted by Gasteiger charge is 2.43. The summed E-state index contributed by atoms with van der Waals surface area (Å²) < 4.78 is 52.4. The van der Waals surface area contributed by atoms with E-state index in [9.17, 15) is 27.2 Å². The first-order valence-electron chi connectivity index (χ1n) is 10.0. The molecule has 1 amide bonds. The second kappa shape index (κ2) is 7.99. The summed E-state index contributed by atoms with van der Waals surface area (Å²) in [6.07, 6.45) is -1.23. The van der Waals surface area contributed by atoms with Gasteiger partial charge in [-0.3, -0.25) is 14.6 Å². The van der Waals surface area contributed by atoms with Gasteiger partial charge in [-0.25, -0.2) is 9.37 Å². The van der Waals surface area contributed by atoms with Crippen molar-refractivity contribution in [1.82, 2.24) is 10.3 Å². The van der Waals surface area contributed by atoms with Crippen molar-refractivity contribution in [1.29, 1.82) is 0 Å². The average molecular weight is 448 g/mol. The highest BCUT2D eigenvalue weighted by Crippen LogP contribution is 2.35. The number of amides is 1. The van der Waals surface area contributed by atoms with Crippen molar-refractivity contribution in [2.45, 2.75) is 25.6 Å². The van der Waals surface area contributed by atoms with Crippen LogP contribution in [0.3, 0.4) is 0 Å². The normalized spacial score (nSPS) is 22.6. The summed E-state index contributed by atoms with van der Waals surface area (Å²) >= 11 is 0. The second-order valence-electron chi connectivity index (χ2n) is 7.98. The fourth-order valence-corrected chi connectivity index (χ4v) is 3.89.